The smallest absolute Gasteiger partial charge is 0.279 e. The van der Waals surface area contributed by atoms with E-state index in [1.54, 1.807) is 20.2 Å². The highest BCUT2D eigenvalue weighted by Gasteiger charge is 2.38. The first-order valence-corrected chi connectivity index (χ1v) is 11.2. The summed E-state index contributed by atoms with van der Waals surface area (Å²) in [6.45, 7) is 3.64. The first-order valence-electron chi connectivity index (χ1n) is 10.4. The number of hydrogen-bond acceptors (Lipinski definition) is 7. The first kappa shape index (κ1) is 20.8. The predicted molar refractivity (Wildman–Crippen MR) is 121 cm³/mol. The van der Waals surface area contributed by atoms with E-state index in [0.29, 0.717) is 23.8 Å². The number of aromatic amines is 1. The van der Waals surface area contributed by atoms with Crippen LogP contribution in [0.5, 0.6) is 0 Å². The SMILES string of the molecule is CCc1nn(C)c(=O)c2c(C(=O)N3C[C@](C)(O)CO3)c(Cc3c[nH]c4ncccc34)sc12. The van der Waals surface area contributed by atoms with Gasteiger partial charge >= 0.3 is 0 Å². The van der Waals surface area contributed by atoms with Gasteiger partial charge in [-0.05, 0) is 31.0 Å². The Hall–Kier alpha value is -3.08. The molecular formula is C22H23N5O4S. The summed E-state index contributed by atoms with van der Waals surface area (Å²) in [7, 11) is 1.59. The molecule has 0 spiro atoms. The number of hydroxylamine groups is 2. The maximum absolute atomic E-state index is 13.6. The number of thiophene rings is 1. The zero-order valence-electron chi connectivity index (χ0n) is 18.0. The van der Waals surface area contributed by atoms with Crippen molar-refractivity contribution in [2.24, 2.45) is 7.05 Å². The number of aryl methyl sites for hydroxylation is 2. The summed E-state index contributed by atoms with van der Waals surface area (Å²) in [6, 6.07) is 3.84. The van der Waals surface area contributed by atoms with Crippen molar-refractivity contribution in [1.82, 2.24) is 24.8 Å². The highest BCUT2D eigenvalue weighted by Crippen LogP contribution is 2.35. The number of nitrogens with zero attached hydrogens (tertiary/aromatic N) is 4. The van der Waals surface area contributed by atoms with E-state index in [4.69, 9.17) is 4.84 Å². The number of rotatable bonds is 4. The van der Waals surface area contributed by atoms with E-state index in [0.717, 1.165) is 36.9 Å². The van der Waals surface area contributed by atoms with Crippen LogP contribution in [-0.4, -0.2) is 54.6 Å². The Labute approximate surface area is 187 Å². The molecule has 1 aliphatic rings. The maximum Gasteiger partial charge on any atom is 0.279 e. The average Bonchev–Trinajstić information content (AvgIpc) is 3.46. The second-order valence-corrected chi connectivity index (χ2v) is 9.44. The summed E-state index contributed by atoms with van der Waals surface area (Å²) in [5.74, 6) is -0.424. The summed E-state index contributed by atoms with van der Waals surface area (Å²) in [4.78, 5) is 40.5. The van der Waals surface area contributed by atoms with Crippen molar-refractivity contribution >= 4 is 38.4 Å². The maximum atomic E-state index is 13.6. The molecule has 10 heteroatoms. The number of amides is 1. The Morgan fingerprint density at radius 3 is 2.97 bits per heavy atom. The lowest BCUT2D eigenvalue weighted by molar-refractivity contribution is -0.0796. The van der Waals surface area contributed by atoms with E-state index in [1.165, 1.54) is 16.0 Å². The molecule has 4 aromatic rings. The lowest BCUT2D eigenvalue weighted by Crippen LogP contribution is -2.35. The third-order valence-corrected chi connectivity index (χ3v) is 6.94. The third kappa shape index (κ3) is 3.31. The fraction of sp³-hybridized carbons (Fsp3) is 0.364. The van der Waals surface area contributed by atoms with Crippen LogP contribution in [0.25, 0.3) is 21.1 Å². The standard InChI is InChI=1S/C22H23N5O4S/c1-4-14-18-17(20(28)26(3)25-14)16(21(29)27-10-22(2,30)11-31-27)15(32-18)8-12-9-24-19-13(12)6-5-7-23-19/h5-7,9,30H,4,8,10-11H2,1-3H3,(H,23,24)/t22-/m0/s1. The number of pyridine rings is 1. The van der Waals surface area contributed by atoms with Gasteiger partial charge < -0.3 is 10.1 Å². The van der Waals surface area contributed by atoms with Crippen molar-refractivity contribution in [3.8, 4) is 0 Å². The topological polar surface area (TPSA) is 113 Å². The molecule has 1 amide bonds. The van der Waals surface area contributed by atoms with Gasteiger partial charge in [0.1, 0.15) is 17.9 Å². The number of hydrogen-bond donors (Lipinski definition) is 2. The molecule has 0 saturated carbocycles. The van der Waals surface area contributed by atoms with Gasteiger partial charge in [0.05, 0.1) is 27.9 Å². The van der Waals surface area contributed by atoms with E-state index in [9.17, 15) is 14.7 Å². The van der Waals surface area contributed by atoms with E-state index in [2.05, 4.69) is 15.1 Å². The molecule has 2 N–H and O–H groups in total. The van der Waals surface area contributed by atoms with Gasteiger partial charge in [0.2, 0.25) is 0 Å². The molecule has 166 valence electrons. The average molecular weight is 454 g/mol. The van der Waals surface area contributed by atoms with Crippen LogP contribution in [0.2, 0.25) is 0 Å². The Kier molecular flexibility index (Phi) is 4.88. The van der Waals surface area contributed by atoms with Crippen LogP contribution >= 0.6 is 11.3 Å². The molecule has 0 aliphatic carbocycles. The van der Waals surface area contributed by atoms with Gasteiger partial charge in [0.15, 0.2) is 0 Å². The Balaban J connectivity index is 1.71. The van der Waals surface area contributed by atoms with E-state index < -0.39 is 11.5 Å². The molecule has 9 nitrogen and oxygen atoms in total. The molecule has 0 unspecified atom stereocenters. The van der Waals surface area contributed by atoms with Gasteiger partial charge in [-0.1, -0.05) is 6.92 Å². The molecule has 32 heavy (non-hydrogen) atoms. The number of aromatic nitrogens is 4. The van der Waals surface area contributed by atoms with E-state index in [1.807, 2.05) is 25.3 Å². The highest BCUT2D eigenvalue weighted by molar-refractivity contribution is 7.19. The molecule has 0 bridgehead atoms. The molecule has 5 rings (SSSR count). The molecule has 0 radical (unpaired) electrons. The third-order valence-electron chi connectivity index (χ3n) is 5.70. The molecule has 4 aromatic heterocycles. The van der Waals surface area contributed by atoms with Gasteiger partial charge in [0, 0.05) is 36.1 Å². The van der Waals surface area contributed by atoms with Crippen molar-refractivity contribution in [3.63, 3.8) is 0 Å². The minimum absolute atomic E-state index is 0.0179. The van der Waals surface area contributed by atoms with Crippen LogP contribution in [0.3, 0.4) is 0 Å². The van der Waals surface area contributed by atoms with Crippen LogP contribution in [0.1, 0.15) is 40.3 Å². The number of H-pyrrole nitrogens is 1. The fourth-order valence-corrected chi connectivity index (χ4v) is 5.47. The van der Waals surface area contributed by atoms with Crippen LogP contribution in [0, 0.1) is 0 Å². The Bertz CT molecular complexity index is 1420. The van der Waals surface area contributed by atoms with Gasteiger partial charge in [-0.25, -0.2) is 14.7 Å². The summed E-state index contributed by atoms with van der Waals surface area (Å²) in [6.07, 6.45) is 4.67. The molecule has 1 aliphatic heterocycles. The quantitative estimate of drug-likeness (QED) is 0.490. The van der Waals surface area contributed by atoms with E-state index in [-0.39, 0.29) is 18.7 Å². The van der Waals surface area contributed by atoms with Crippen LogP contribution < -0.4 is 5.56 Å². The van der Waals surface area contributed by atoms with Crippen LogP contribution in [0.15, 0.2) is 29.3 Å². The first-order chi connectivity index (χ1) is 15.3. The molecular weight excluding hydrogens is 430 g/mol. The number of carbonyl (C=O) groups excluding carboxylic acids is 1. The predicted octanol–water partition coefficient (Wildman–Crippen LogP) is 2.16. The molecule has 1 fully saturated rings. The number of nitrogens with one attached hydrogen (secondary N) is 1. The summed E-state index contributed by atoms with van der Waals surface area (Å²) < 4.78 is 2.00. The lowest BCUT2D eigenvalue weighted by Gasteiger charge is -2.16. The summed E-state index contributed by atoms with van der Waals surface area (Å²) in [5, 5.41) is 17.2. The molecule has 1 saturated heterocycles. The highest BCUT2D eigenvalue weighted by atomic mass is 32.1. The molecule has 5 heterocycles. The number of fused-ring (bicyclic) bond motifs is 2. The summed E-state index contributed by atoms with van der Waals surface area (Å²) in [5.41, 5.74) is 1.37. The minimum Gasteiger partial charge on any atom is -0.386 e. The number of β-amino-alcohol motifs (C(OH)–C–C–N with tert-alkyl or cyclic N) is 1. The second kappa shape index (κ2) is 7.51. The van der Waals surface area contributed by atoms with Crippen molar-refractivity contribution in [2.75, 3.05) is 13.2 Å². The van der Waals surface area contributed by atoms with Gasteiger partial charge in [0.25, 0.3) is 11.5 Å². The summed E-state index contributed by atoms with van der Waals surface area (Å²) >= 11 is 1.42. The molecule has 1 atom stereocenters. The lowest BCUT2D eigenvalue weighted by atomic mass is 10.0. The van der Waals surface area contributed by atoms with Gasteiger partial charge in [-0.15, -0.1) is 11.3 Å². The normalized spacial score (nSPS) is 18.8. The molecule has 0 aromatic carbocycles. The Morgan fingerprint density at radius 1 is 1.44 bits per heavy atom. The van der Waals surface area contributed by atoms with Crippen molar-refractivity contribution in [2.45, 2.75) is 32.3 Å². The van der Waals surface area contributed by atoms with Crippen LogP contribution in [-0.2, 0) is 24.7 Å². The number of aliphatic hydroxyl groups is 1. The fourth-order valence-electron chi connectivity index (χ4n) is 4.11. The largest absolute Gasteiger partial charge is 0.386 e. The van der Waals surface area contributed by atoms with E-state index >= 15 is 0 Å². The number of carbonyl (C=O) groups is 1. The van der Waals surface area contributed by atoms with Gasteiger partial charge in [-0.2, -0.15) is 5.10 Å². The zero-order valence-corrected chi connectivity index (χ0v) is 18.8. The van der Waals surface area contributed by atoms with Crippen molar-refractivity contribution < 1.29 is 14.7 Å². The van der Waals surface area contributed by atoms with Crippen LogP contribution in [0.4, 0.5) is 0 Å². The van der Waals surface area contributed by atoms with Crippen molar-refractivity contribution in [1.29, 1.82) is 0 Å². The second-order valence-electron chi connectivity index (χ2n) is 8.34. The Morgan fingerprint density at radius 2 is 2.25 bits per heavy atom. The monoisotopic (exact) mass is 453 g/mol. The van der Waals surface area contributed by atoms with Gasteiger partial charge in [-0.3, -0.25) is 14.4 Å². The minimum atomic E-state index is -1.13. The zero-order chi connectivity index (χ0) is 22.6. The van der Waals surface area contributed by atoms with Crippen molar-refractivity contribution in [3.05, 3.63) is 56.6 Å².